The maximum Gasteiger partial charge on any atom is 0.322 e. The highest BCUT2D eigenvalue weighted by Gasteiger charge is 2.14. The first-order valence-corrected chi connectivity index (χ1v) is 6.02. The van der Waals surface area contributed by atoms with Crippen LogP contribution in [0.5, 0.6) is 0 Å². The normalized spacial score (nSPS) is 10.6. The zero-order valence-electron chi connectivity index (χ0n) is 10.9. The molecule has 0 saturated carbocycles. The molecule has 0 radical (unpaired) electrons. The van der Waals surface area contributed by atoms with E-state index < -0.39 is 5.97 Å². The topological polar surface area (TPSA) is 71.3 Å². The Labute approximate surface area is 110 Å². The SMILES string of the molecule is Cc1c(CC(=O)NCC(=O)O)c2ccccc2n1C. The highest BCUT2D eigenvalue weighted by atomic mass is 16.4. The van der Waals surface area contributed by atoms with Gasteiger partial charge < -0.3 is 15.0 Å². The van der Waals surface area contributed by atoms with E-state index in [2.05, 4.69) is 5.32 Å². The van der Waals surface area contributed by atoms with Gasteiger partial charge in [-0.05, 0) is 18.6 Å². The summed E-state index contributed by atoms with van der Waals surface area (Å²) >= 11 is 0. The number of nitrogens with one attached hydrogen (secondary N) is 1. The lowest BCUT2D eigenvalue weighted by atomic mass is 10.1. The van der Waals surface area contributed by atoms with Crippen LogP contribution in [0.3, 0.4) is 0 Å². The van der Waals surface area contributed by atoms with Crippen molar-refractivity contribution < 1.29 is 14.7 Å². The summed E-state index contributed by atoms with van der Waals surface area (Å²) in [7, 11) is 1.95. The van der Waals surface area contributed by atoms with Gasteiger partial charge >= 0.3 is 5.97 Å². The van der Waals surface area contributed by atoms with Crippen LogP contribution in [0, 0.1) is 6.92 Å². The summed E-state index contributed by atoms with van der Waals surface area (Å²) in [4.78, 5) is 22.2. The lowest BCUT2D eigenvalue weighted by Gasteiger charge is -2.03. The van der Waals surface area contributed by atoms with E-state index in [4.69, 9.17) is 5.11 Å². The van der Waals surface area contributed by atoms with Crippen molar-refractivity contribution in [2.75, 3.05) is 6.54 Å². The molecular formula is C14H16N2O3. The van der Waals surface area contributed by atoms with E-state index in [0.717, 1.165) is 22.2 Å². The summed E-state index contributed by atoms with van der Waals surface area (Å²) in [6.45, 7) is 1.61. The predicted octanol–water partition coefficient (Wildman–Crippen LogP) is 1.23. The van der Waals surface area contributed by atoms with E-state index in [1.54, 1.807) is 0 Å². The fraction of sp³-hybridized carbons (Fsp3) is 0.286. The number of hydrogen-bond donors (Lipinski definition) is 2. The van der Waals surface area contributed by atoms with Crippen molar-refractivity contribution in [1.82, 2.24) is 9.88 Å². The summed E-state index contributed by atoms with van der Waals surface area (Å²) in [6.07, 6.45) is 0.195. The molecule has 2 aromatic rings. The van der Waals surface area contributed by atoms with Gasteiger partial charge in [0, 0.05) is 23.6 Å². The van der Waals surface area contributed by atoms with Gasteiger partial charge in [0.1, 0.15) is 6.54 Å². The summed E-state index contributed by atoms with van der Waals surface area (Å²) < 4.78 is 2.04. The maximum absolute atomic E-state index is 11.7. The zero-order chi connectivity index (χ0) is 14.0. The van der Waals surface area contributed by atoms with Crippen LogP contribution in [-0.4, -0.2) is 28.1 Å². The van der Waals surface area contributed by atoms with Gasteiger partial charge in [0.2, 0.25) is 5.91 Å². The minimum atomic E-state index is -1.04. The van der Waals surface area contributed by atoms with Gasteiger partial charge in [0.05, 0.1) is 6.42 Å². The summed E-state index contributed by atoms with van der Waals surface area (Å²) in [5.41, 5.74) is 3.04. The van der Waals surface area contributed by atoms with E-state index in [9.17, 15) is 9.59 Å². The maximum atomic E-state index is 11.7. The molecule has 0 unspecified atom stereocenters. The number of para-hydroxylation sites is 1. The van der Waals surface area contributed by atoms with Crippen LogP contribution in [0.15, 0.2) is 24.3 Å². The Morgan fingerprint density at radius 3 is 2.68 bits per heavy atom. The van der Waals surface area contributed by atoms with Gasteiger partial charge in [0.25, 0.3) is 0 Å². The van der Waals surface area contributed by atoms with E-state index in [1.807, 2.05) is 42.8 Å². The molecule has 0 atom stereocenters. The minimum absolute atomic E-state index is 0.195. The number of carboxylic acids is 1. The average molecular weight is 260 g/mol. The molecule has 0 fully saturated rings. The lowest BCUT2D eigenvalue weighted by molar-refractivity contribution is -0.137. The van der Waals surface area contributed by atoms with Crippen LogP contribution in [0.1, 0.15) is 11.3 Å². The second-order valence-electron chi connectivity index (χ2n) is 4.49. The second-order valence-corrected chi connectivity index (χ2v) is 4.49. The molecule has 0 aliphatic carbocycles. The molecule has 0 spiro atoms. The number of nitrogens with zero attached hydrogens (tertiary/aromatic N) is 1. The molecule has 1 aromatic carbocycles. The third-order valence-electron chi connectivity index (χ3n) is 3.30. The van der Waals surface area contributed by atoms with Crippen molar-refractivity contribution >= 4 is 22.8 Å². The fourth-order valence-electron chi connectivity index (χ4n) is 2.22. The van der Waals surface area contributed by atoms with Crippen molar-refractivity contribution in [2.45, 2.75) is 13.3 Å². The van der Waals surface area contributed by atoms with Crippen molar-refractivity contribution in [1.29, 1.82) is 0 Å². The van der Waals surface area contributed by atoms with Crippen molar-refractivity contribution in [3.05, 3.63) is 35.5 Å². The van der Waals surface area contributed by atoms with Crippen molar-refractivity contribution in [3.63, 3.8) is 0 Å². The van der Waals surface area contributed by atoms with Crippen LogP contribution >= 0.6 is 0 Å². The summed E-state index contributed by atoms with van der Waals surface area (Å²) in [6, 6.07) is 7.86. The number of carbonyl (C=O) groups excluding carboxylic acids is 1. The predicted molar refractivity (Wildman–Crippen MR) is 72.0 cm³/mol. The number of benzene rings is 1. The summed E-state index contributed by atoms with van der Waals surface area (Å²) in [5.74, 6) is -1.31. The van der Waals surface area contributed by atoms with Gasteiger partial charge in [-0.1, -0.05) is 18.2 Å². The number of fused-ring (bicyclic) bond motifs is 1. The number of aryl methyl sites for hydroxylation is 1. The Hall–Kier alpha value is -2.30. The Kier molecular flexibility index (Phi) is 3.55. The van der Waals surface area contributed by atoms with Gasteiger partial charge in [-0.15, -0.1) is 0 Å². The first-order chi connectivity index (χ1) is 9.00. The number of carboxylic acid groups (broad SMARTS) is 1. The largest absolute Gasteiger partial charge is 0.480 e. The molecule has 1 heterocycles. The number of carbonyl (C=O) groups is 2. The molecular weight excluding hydrogens is 244 g/mol. The van der Waals surface area contributed by atoms with Crippen LogP contribution in [-0.2, 0) is 23.1 Å². The molecule has 5 heteroatoms. The molecule has 0 aliphatic heterocycles. The number of rotatable bonds is 4. The molecule has 19 heavy (non-hydrogen) atoms. The van der Waals surface area contributed by atoms with Crippen LogP contribution < -0.4 is 5.32 Å². The Bertz CT molecular complexity index is 643. The monoisotopic (exact) mass is 260 g/mol. The zero-order valence-corrected chi connectivity index (χ0v) is 10.9. The highest BCUT2D eigenvalue weighted by molar-refractivity contribution is 5.91. The average Bonchev–Trinajstić information content (AvgIpc) is 2.62. The lowest BCUT2D eigenvalue weighted by Crippen LogP contribution is -2.30. The molecule has 0 aliphatic rings. The first-order valence-electron chi connectivity index (χ1n) is 6.02. The van der Waals surface area contributed by atoms with Crippen molar-refractivity contribution in [2.24, 2.45) is 7.05 Å². The number of amides is 1. The third-order valence-corrected chi connectivity index (χ3v) is 3.30. The molecule has 2 N–H and O–H groups in total. The quantitative estimate of drug-likeness (QED) is 0.868. The van der Waals surface area contributed by atoms with Gasteiger partial charge in [-0.2, -0.15) is 0 Å². The Morgan fingerprint density at radius 2 is 2.00 bits per heavy atom. The van der Waals surface area contributed by atoms with Gasteiger partial charge in [0.15, 0.2) is 0 Å². The highest BCUT2D eigenvalue weighted by Crippen LogP contribution is 2.24. The Morgan fingerprint density at radius 1 is 1.32 bits per heavy atom. The number of aliphatic carboxylic acids is 1. The van der Waals surface area contributed by atoms with E-state index in [1.165, 1.54) is 0 Å². The number of aromatic nitrogens is 1. The van der Waals surface area contributed by atoms with Gasteiger partial charge in [-0.3, -0.25) is 9.59 Å². The molecule has 0 bridgehead atoms. The second kappa shape index (κ2) is 5.14. The molecule has 2 rings (SSSR count). The van der Waals surface area contributed by atoms with E-state index >= 15 is 0 Å². The molecule has 5 nitrogen and oxygen atoms in total. The summed E-state index contributed by atoms with van der Waals surface area (Å²) in [5, 5.41) is 12.0. The smallest absolute Gasteiger partial charge is 0.322 e. The number of hydrogen-bond acceptors (Lipinski definition) is 2. The molecule has 1 aromatic heterocycles. The van der Waals surface area contributed by atoms with Crippen LogP contribution in [0.4, 0.5) is 0 Å². The first kappa shape index (κ1) is 13.1. The molecule has 0 saturated heterocycles. The third kappa shape index (κ3) is 2.59. The van der Waals surface area contributed by atoms with E-state index in [0.29, 0.717) is 0 Å². The van der Waals surface area contributed by atoms with E-state index in [-0.39, 0.29) is 18.9 Å². The van der Waals surface area contributed by atoms with Gasteiger partial charge in [-0.25, -0.2) is 0 Å². The minimum Gasteiger partial charge on any atom is -0.480 e. The van der Waals surface area contributed by atoms with Crippen molar-refractivity contribution in [3.8, 4) is 0 Å². The van der Waals surface area contributed by atoms with Crippen LogP contribution in [0.2, 0.25) is 0 Å². The Balaban J connectivity index is 2.28. The molecule has 1 amide bonds. The standard InChI is InChI=1S/C14H16N2O3/c1-9-11(7-13(17)15-8-14(18)19)10-5-3-4-6-12(10)16(9)2/h3-6H,7-8H2,1-2H3,(H,15,17)(H,18,19). The molecule has 100 valence electrons. The fourth-order valence-corrected chi connectivity index (χ4v) is 2.22. The van der Waals surface area contributed by atoms with Crippen LogP contribution in [0.25, 0.3) is 10.9 Å².